The molecule has 1 heterocycles. The van der Waals surface area contributed by atoms with Crippen molar-refractivity contribution in [2.45, 2.75) is 31.5 Å². The van der Waals surface area contributed by atoms with Crippen LogP contribution in [0.15, 0.2) is 24.3 Å². The summed E-state index contributed by atoms with van der Waals surface area (Å²) in [5, 5.41) is 0. The Morgan fingerprint density at radius 1 is 1.24 bits per heavy atom. The lowest BCUT2D eigenvalue weighted by Crippen LogP contribution is -2.52. The molecule has 3 nitrogen and oxygen atoms in total. The number of alkyl halides is 3. The van der Waals surface area contributed by atoms with Crippen molar-refractivity contribution in [1.82, 2.24) is 4.90 Å². The van der Waals surface area contributed by atoms with E-state index in [9.17, 15) is 22.4 Å². The van der Waals surface area contributed by atoms with Crippen LogP contribution in [-0.4, -0.2) is 36.2 Å². The number of halogens is 4. The number of amides is 1. The Bertz CT molecular complexity index is 487. The number of rotatable bonds is 3. The molecule has 7 heteroatoms. The van der Waals surface area contributed by atoms with Crippen LogP contribution in [0, 0.1) is 5.82 Å². The lowest BCUT2D eigenvalue weighted by Gasteiger charge is -2.36. The summed E-state index contributed by atoms with van der Waals surface area (Å²) in [7, 11) is 0. The predicted molar refractivity (Wildman–Crippen MR) is 67.3 cm³/mol. The normalized spacial score (nSPS) is 19.4. The molecule has 1 amide bonds. The fourth-order valence-corrected chi connectivity index (χ4v) is 2.33. The molecule has 1 aliphatic heterocycles. The minimum atomic E-state index is -4.42. The summed E-state index contributed by atoms with van der Waals surface area (Å²) in [4.78, 5) is 12.7. The van der Waals surface area contributed by atoms with E-state index in [1.54, 1.807) is 0 Å². The molecular weight excluding hydrogens is 290 g/mol. The summed E-state index contributed by atoms with van der Waals surface area (Å²) >= 11 is 0. The molecule has 0 aromatic heterocycles. The number of likely N-dealkylation sites (tertiary alicyclic amines) is 1. The van der Waals surface area contributed by atoms with Gasteiger partial charge in [-0.25, -0.2) is 4.39 Å². The highest BCUT2D eigenvalue weighted by molar-refractivity contribution is 5.78. The van der Waals surface area contributed by atoms with Crippen LogP contribution in [-0.2, 0) is 4.79 Å². The molecule has 2 rings (SSSR count). The summed E-state index contributed by atoms with van der Waals surface area (Å²) in [6, 6.07) is 3.20. The van der Waals surface area contributed by atoms with Gasteiger partial charge in [0.05, 0.1) is 0 Å². The van der Waals surface area contributed by atoms with Gasteiger partial charge >= 0.3 is 6.18 Å². The monoisotopic (exact) mass is 305 g/mol. The minimum absolute atomic E-state index is 0.0776. The van der Waals surface area contributed by atoms with Crippen molar-refractivity contribution < 1.29 is 27.1 Å². The van der Waals surface area contributed by atoms with Gasteiger partial charge < -0.3 is 9.64 Å². The SMILES string of the molecule is O=C(COc1ccc(F)cc1)N1CCCCC1C(F)(F)F. The van der Waals surface area contributed by atoms with Crippen LogP contribution in [0.25, 0.3) is 0 Å². The van der Waals surface area contributed by atoms with Gasteiger partial charge in [-0.05, 0) is 43.5 Å². The summed E-state index contributed by atoms with van der Waals surface area (Å²) < 4.78 is 56.5. The number of benzene rings is 1. The van der Waals surface area contributed by atoms with Gasteiger partial charge in [-0.3, -0.25) is 4.79 Å². The van der Waals surface area contributed by atoms with E-state index >= 15 is 0 Å². The number of carbonyl (C=O) groups is 1. The van der Waals surface area contributed by atoms with E-state index < -0.39 is 30.5 Å². The number of hydrogen-bond donors (Lipinski definition) is 0. The quantitative estimate of drug-likeness (QED) is 0.803. The van der Waals surface area contributed by atoms with Crippen molar-refractivity contribution >= 4 is 5.91 Å². The van der Waals surface area contributed by atoms with Crippen molar-refractivity contribution in [2.75, 3.05) is 13.2 Å². The zero-order chi connectivity index (χ0) is 15.5. The van der Waals surface area contributed by atoms with Gasteiger partial charge in [-0.2, -0.15) is 13.2 Å². The highest BCUT2D eigenvalue weighted by Crippen LogP contribution is 2.31. The third kappa shape index (κ3) is 4.09. The molecule has 0 aliphatic carbocycles. The molecule has 1 aromatic carbocycles. The lowest BCUT2D eigenvalue weighted by atomic mass is 10.0. The Morgan fingerprint density at radius 2 is 1.90 bits per heavy atom. The molecular formula is C14H15F4NO2. The van der Waals surface area contributed by atoms with E-state index in [1.165, 1.54) is 12.1 Å². The van der Waals surface area contributed by atoms with Crippen LogP contribution in [0.2, 0.25) is 0 Å². The highest BCUT2D eigenvalue weighted by Gasteiger charge is 2.46. The Morgan fingerprint density at radius 3 is 2.52 bits per heavy atom. The Kier molecular flexibility index (Phi) is 4.69. The Labute approximate surface area is 119 Å². The van der Waals surface area contributed by atoms with E-state index in [2.05, 4.69) is 0 Å². The average Bonchev–Trinajstić information content (AvgIpc) is 2.45. The van der Waals surface area contributed by atoms with Gasteiger partial charge in [0.15, 0.2) is 6.61 Å². The molecule has 21 heavy (non-hydrogen) atoms. The maximum absolute atomic E-state index is 12.9. The highest BCUT2D eigenvalue weighted by atomic mass is 19.4. The van der Waals surface area contributed by atoms with E-state index in [1.807, 2.05) is 0 Å². The topological polar surface area (TPSA) is 29.5 Å². The standard InChI is InChI=1S/C14H15F4NO2/c15-10-4-6-11(7-5-10)21-9-13(20)19-8-2-1-3-12(19)14(16,17)18/h4-7,12H,1-3,8-9H2. The molecule has 1 aliphatic rings. The van der Waals surface area contributed by atoms with Crippen molar-refractivity contribution in [3.63, 3.8) is 0 Å². The molecule has 1 fully saturated rings. The van der Waals surface area contributed by atoms with Gasteiger partial charge in [0.25, 0.3) is 5.91 Å². The minimum Gasteiger partial charge on any atom is -0.484 e. The first-order valence-corrected chi connectivity index (χ1v) is 6.62. The molecule has 0 saturated carbocycles. The van der Waals surface area contributed by atoms with Gasteiger partial charge in [-0.1, -0.05) is 0 Å². The lowest BCUT2D eigenvalue weighted by molar-refractivity contribution is -0.196. The van der Waals surface area contributed by atoms with E-state index in [0.29, 0.717) is 12.8 Å². The van der Waals surface area contributed by atoms with Crippen LogP contribution in [0.5, 0.6) is 5.75 Å². The summed E-state index contributed by atoms with van der Waals surface area (Å²) in [5.74, 6) is -0.923. The molecule has 0 bridgehead atoms. The van der Waals surface area contributed by atoms with E-state index in [-0.39, 0.29) is 18.7 Å². The third-order valence-electron chi connectivity index (χ3n) is 3.38. The third-order valence-corrected chi connectivity index (χ3v) is 3.38. The first kappa shape index (κ1) is 15.6. The Balaban J connectivity index is 1.96. The van der Waals surface area contributed by atoms with Gasteiger partial charge in [0.2, 0.25) is 0 Å². The van der Waals surface area contributed by atoms with Crippen molar-refractivity contribution in [1.29, 1.82) is 0 Å². The van der Waals surface area contributed by atoms with Crippen LogP contribution in [0.4, 0.5) is 17.6 Å². The fraction of sp³-hybridized carbons (Fsp3) is 0.500. The van der Waals surface area contributed by atoms with Gasteiger partial charge in [-0.15, -0.1) is 0 Å². The van der Waals surface area contributed by atoms with Crippen molar-refractivity contribution in [2.24, 2.45) is 0 Å². The number of piperidine rings is 1. The predicted octanol–water partition coefficient (Wildman–Crippen LogP) is 3.15. The Hall–Kier alpha value is -1.79. The summed E-state index contributed by atoms with van der Waals surface area (Å²) in [6.07, 6.45) is -3.50. The van der Waals surface area contributed by atoms with Crippen LogP contribution < -0.4 is 4.74 Å². The maximum Gasteiger partial charge on any atom is 0.408 e. The smallest absolute Gasteiger partial charge is 0.408 e. The summed E-state index contributed by atoms with van der Waals surface area (Å²) in [5.41, 5.74) is 0. The van der Waals surface area contributed by atoms with Crippen LogP contribution in [0.3, 0.4) is 0 Å². The number of nitrogens with zero attached hydrogens (tertiary/aromatic N) is 1. The molecule has 1 atom stereocenters. The molecule has 0 N–H and O–H groups in total. The first-order valence-electron chi connectivity index (χ1n) is 6.62. The largest absolute Gasteiger partial charge is 0.484 e. The average molecular weight is 305 g/mol. The first-order chi connectivity index (χ1) is 9.88. The van der Waals surface area contributed by atoms with Gasteiger partial charge in [0, 0.05) is 6.54 Å². The molecule has 116 valence electrons. The zero-order valence-electron chi connectivity index (χ0n) is 11.2. The number of hydrogen-bond acceptors (Lipinski definition) is 2. The molecule has 0 spiro atoms. The van der Waals surface area contributed by atoms with Crippen molar-refractivity contribution in [3.8, 4) is 5.75 Å². The number of carbonyl (C=O) groups excluding carboxylic acids is 1. The van der Waals surface area contributed by atoms with E-state index in [0.717, 1.165) is 17.0 Å². The molecule has 1 aromatic rings. The molecule has 1 unspecified atom stereocenters. The molecule has 1 saturated heterocycles. The second-order valence-corrected chi connectivity index (χ2v) is 4.88. The van der Waals surface area contributed by atoms with Gasteiger partial charge in [0.1, 0.15) is 17.6 Å². The molecule has 0 radical (unpaired) electrons. The van der Waals surface area contributed by atoms with Crippen LogP contribution >= 0.6 is 0 Å². The fourth-order valence-electron chi connectivity index (χ4n) is 2.33. The van der Waals surface area contributed by atoms with Crippen LogP contribution in [0.1, 0.15) is 19.3 Å². The second kappa shape index (κ2) is 6.32. The number of ether oxygens (including phenoxy) is 1. The zero-order valence-corrected chi connectivity index (χ0v) is 11.2. The summed E-state index contributed by atoms with van der Waals surface area (Å²) in [6.45, 7) is -0.409. The van der Waals surface area contributed by atoms with E-state index in [4.69, 9.17) is 4.74 Å². The second-order valence-electron chi connectivity index (χ2n) is 4.88. The van der Waals surface area contributed by atoms with Crippen molar-refractivity contribution in [3.05, 3.63) is 30.1 Å². The maximum atomic E-state index is 12.9.